The minimum atomic E-state index is 0.303. The summed E-state index contributed by atoms with van der Waals surface area (Å²) in [6, 6.07) is 7.65. The minimum Gasteiger partial charge on any atom is -0.399 e. The Kier molecular flexibility index (Phi) is 6.61. The Labute approximate surface area is 192 Å². The van der Waals surface area contributed by atoms with Gasteiger partial charge in [0.25, 0.3) is 0 Å². The molecule has 4 aromatic rings. The molecule has 1 aliphatic heterocycles. The smallest absolute Gasteiger partial charge is 0.148 e. The van der Waals surface area contributed by atoms with E-state index in [-0.39, 0.29) is 0 Å². The van der Waals surface area contributed by atoms with Crippen molar-refractivity contribution >= 4 is 17.0 Å². The first-order valence-corrected chi connectivity index (χ1v) is 10.6. The van der Waals surface area contributed by atoms with E-state index in [1.807, 2.05) is 54.5 Å². The first-order valence-electron chi connectivity index (χ1n) is 10.6. The molecule has 3 aromatic heterocycles. The fraction of sp³-hybridized carbons (Fsp3) is 0.167. The summed E-state index contributed by atoms with van der Waals surface area (Å²) in [7, 11) is 1.86. The van der Waals surface area contributed by atoms with Gasteiger partial charge in [0, 0.05) is 55.3 Å². The van der Waals surface area contributed by atoms with Gasteiger partial charge in [0.1, 0.15) is 5.49 Å². The van der Waals surface area contributed by atoms with E-state index in [9.17, 15) is 0 Å². The number of nitrogens with two attached hydrogens (primary N) is 1. The lowest BCUT2D eigenvalue weighted by Crippen LogP contribution is -2.24. The highest BCUT2D eigenvalue weighted by Crippen LogP contribution is 2.16. The molecule has 0 spiro atoms. The van der Waals surface area contributed by atoms with Gasteiger partial charge in [-0.05, 0) is 42.8 Å². The standard InChI is InChI=1S/C15H18N6.C9H9N3/c1-11(13-7-19-20(2)9-13)21-10-14(18-8-15(21)16)12-4-3-5-17-6-12;10-8-1-3-9(4-2-8)12-6-5-11-7-12/h4,7-10,16-17H,1,3,5-6H2,2H3;1-7H,10H2. The van der Waals surface area contributed by atoms with Crippen LogP contribution in [0.15, 0.2) is 80.4 Å². The lowest BCUT2D eigenvalue weighted by Gasteiger charge is -2.16. The zero-order valence-corrected chi connectivity index (χ0v) is 18.5. The number of hydrogen-bond acceptors (Lipinski definition) is 6. The largest absolute Gasteiger partial charge is 0.399 e. The Bertz CT molecular complexity index is 1310. The van der Waals surface area contributed by atoms with Gasteiger partial charge in [-0.25, -0.2) is 4.98 Å². The summed E-state index contributed by atoms with van der Waals surface area (Å²) in [5.74, 6) is 0. The third kappa shape index (κ3) is 5.34. The van der Waals surface area contributed by atoms with Crippen LogP contribution in [0.3, 0.4) is 0 Å². The number of anilines is 1. The van der Waals surface area contributed by atoms with Gasteiger partial charge < -0.3 is 15.6 Å². The van der Waals surface area contributed by atoms with Crippen LogP contribution in [-0.2, 0) is 7.05 Å². The fourth-order valence-corrected chi connectivity index (χ4v) is 3.41. The molecule has 9 nitrogen and oxygen atoms in total. The lowest BCUT2D eigenvalue weighted by atomic mass is 10.1. The second kappa shape index (κ2) is 9.92. The molecule has 33 heavy (non-hydrogen) atoms. The van der Waals surface area contributed by atoms with Gasteiger partial charge in [-0.1, -0.05) is 12.7 Å². The molecule has 0 radical (unpaired) electrons. The van der Waals surface area contributed by atoms with Crippen LogP contribution < -0.4 is 16.5 Å². The highest BCUT2D eigenvalue weighted by Gasteiger charge is 2.10. The monoisotopic (exact) mass is 441 g/mol. The predicted molar refractivity (Wildman–Crippen MR) is 129 cm³/mol. The highest BCUT2D eigenvalue weighted by atomic mass is 15.2. The van der Waals surface area contributed by atoms with Gasteiger partial charge in [0.05, 0.1) is 30.1 Å². The quantitative estimate of drug-likeness (QED) is 0.421. The van der Waals surface area contributed by atoms with Crippen molar-refractivity contribution in [3.63, 3.8) is 0 Å². The molecule has 0 aliphatic carbocycles. The van der Waals surface area contributed by atoms with Crippen LogP contribution in [0.25, 0.3) is 17.0 Å². The number of rotatable bonds is 4. The molecule has 0 unspecified atom stereocenters. The zero-order chi connectivity index (χ0) is 23.2. The van der Waals surface area contributed by atoms with Crippen LogP contribution in [-0.4, -0.2) is 42.0 Å². The van der Waals surface area contributed by atoms with E-state index in [1.165, 1.54) is 0 Å². The maximum absolute atomic E-state index is 8.05. The summed E-state index contributed by atoms with van der Waals surface area (Å²) < 4.78 is 5.40. The maximum Gasteiger partial charge on any atom is 0.148 e. The molecule has 5 rings (SSSR count). The number of nitrogens with zero attached hydrogens (tertiary/aromatic N) is 6. The van der Waals surface area contributed by atoms with Crippen LogP contribution in [0.2, 0.25) is 0 Å². The van der Waals surface area contributed by atoms with Crippen molar-refractivity contribution in [2.24, 2.45) is 7.05 Å². The van der Waals surface area contributed by atoms with E-state index in [2.05, 4.69) is 33.0 Å². The number of hydrogen-bond donors (Lipinski definition) is 3. The maximum atomic E-state index is 8.05. The topological polar surface area (TPSA) is 115 Å². The Morgan fingerprint density at radius 3 is 2.64 bits per heavy atom. The van der Waals surface area contributed by atoms with E-state index in [4.69, 9.17) is 11.1 Å². The summed E-state index contributed by atoms with van der Waals surface area (Å²) in [6.45, 7) is 5.89. The lowest BCUT2D eigenvalue weighted by molar-refractivity contribution is 0.735. The number of aromatic nitrogens is 6. The molecule has 0 saturated carbocycles. The molecule has 0 atom stereocenters. The summed E-state index contributed by atoms with van der Waals surface area (Å²) >= 11 is 0. The Morgan fingerprint density at radius 2 is 2.00 bits per heavy atom. The molecule has 9 heteroatoms. The average molecular weight is 442 g/mol. The van der Waals surface area contributed by atoms with E-state index in [1.54, 1.807) is 34.2 Å². The summed E-state index contributed by atoms with van der Waals surface area (Å²) in [5, 5.41) is 15.5. The summed E-state index contributed by atoms with van der Waals surface area (Å²) in [6.07, 6.45) is 15.7. The average Bonchev–Trinajstić information content (AvgIpc) is 3.53. The molecule has 0 bridgehead atoms. The fourth-order valence-electron chi connectivity index (χ4n) is 3.41. The molecular weight excluding hydrogens is 414 g/mol. The molecule has 1 aliphatic rings. The molecule has 0 amide bonds. The number of benzene rings is 1. The molecule has 0 saturated heterocycles. The third-order valence-corrected chi connectivity index (χ3v) is 5.22. The van der Waals surface area contributed by atoms with Crippen molar-refractivity contribution in [2.45, 2.75) is 6.42 Å². The zero-order valence-electron chi connectivity index (χ0n) is 18.5. The van der Waals surface area contributed by atoms with Gasteiger partial charge in [0.15, 0.2) is 0 Å². The Morgan fingerprint density at radius 1 is 1.18 bits per heavy atom. The third-order valence-electron chi connectivity index (χ3n) is 5.22. The van der Waals surface area contributed by atoms with Crippen LogP contribution in [0.4, 0.5) is 5.69 Å². The number of imidazole rings is 1. The molecule has 4 N–H and O–H groups in total. The molecule has 0 fully saturated rings. The number of nitrogens with one attached hydrogen (secondary N) is 2. The van der Waals surface area contributed by atoms with Crippen molar-refractivity contribution in [2.75, 3.05) is 18.8 Å². The van der Waals surface area contributed by atoms with Crippen LogP contribution >= 0.6 is 0 Å². The summed E-state index contributed by atoms with van der Waals surface area (Å²) in [4.78, 5) is 8.32. The Hall–Kier alpha value is -4.24. The Balaban J connectivity index is 0.000000183. The first kappa shape index (κ1) is 22.0. The predicted octanol–water partition coefficient (Wildman–Crippen LogP) is 2.45. The normalized spacial score (nSPS) is 13.1. The van der Waals surface area contributed by atoms with E-state index >= 15 is 0 Å². The van der Waals surface area contributed by atoms with Crippen molar-refractivity contribution in [3.8, 4) is 5.69 Å². The van der Waals surface area contributed by atoms with Crippen molar-refractivity contribution in [1.29, 1.82) is 5.41 Å². The molecule has 168 valence electrons. The van der Waals surface area contributed by atoms with Crippen molar-refractivity contribution in [3.05, 3.63) is 97.2 Å². The van der Waals surface area contributed by atoms with Gasteiger partial charge in [-0.15, -0.1) is 0 Å². The van der Waals surface area contributed by atoms with Crippen LogP contribution in [0.1, 0.15) is 17.7 Å². The minimum absolute atomic E-state index is 0.303. The van der Waals surface area contributed by atoms with Crippen molar-refractivity contribution in [1.82, 2.24) is 34.2 Å². The van der Waals surface area contributed by atoms with Gasteiger partial charge in [0.2, 0.25) is 0 Å². The van der Waals surface area contributed by atoms with E-state index in [0.717, 1.165) is 53.4 Å². The van der Waals surface area contributed by atoms with Crippen LogP contribution in [0.5, 0.6) is 0 Å². The second-order valence-corrected chi connectivity index (χ2v) is 7.63. The van der Waals surface area contributed by atoms with Gasteiger partial charge >= 0.3 is 0 Å². The van der Waals surface area contributed by atoms with Crippen molar-refractivity contribution < 1.29 is 0 Å². The SMILES string of the molecule is C=C(c1cnn(C)c1)n1cc(C2=CCCNC2)ncc1=N.Nc1ccc(-n2ccnc2)cc1. The van der Waals surface area contributed by atoms with Gasteiger partial charge in [-0.2, -0.15) is 5.10 Å². The highest BCUT2D eigenvalue weighted by molar-refractivity contribution is 5.67. The molecule has 4 heterocycles. The molecule has 1 aromatic carbocycles. The number of aryl methyl sites for hydroxylation is 1. The van der Waals surface area contributed by atoms with E-state index in [0.29, 0.717) is 5.49 Å². The van der Waals surface area contributed by atoms with E-state index < -0.39 is 0 Å². The number of nitrogen functional groups attached to an aromatic ring is 1. The first-order chi connectivity index (χ1) is 16.0. The second-order valence-electron chi connectivity index (χ2n) is 7.63. The summed E-state index contributed by atoms with van der Waals surface area (Å²) in [5.41, 5.74) is 11.4. The van der Waals surface area contributed by atoms with Crippen LogP contribution in [0, 0.1) is 5.41 Å². The van der Waals surface area contributed by atoms with Gasteiger partial charge in [-0.3, -0.25) is 19.6 Å². The molecular formula is C24H27N9.